The second-order valence-corrected chi connectivity index (χ2v) is 7.38. The highest BCUT2D eigenvalue weighted by Crippen LogP contribution is 2.32. The molecule has 1 aliphatic rings. The van der Waals surface area contributed by atoms with Crippen LogP contribution in [0.3, 0.4) is 0 Å². The van der Waals surface area contributed by atoms with Crippen LogP contribution in [-0.2, 0) is 4.79 Å². The van der Waals surface area contributed by atoms with Crippen LogP contribution in [0.1, 0.15) is 13.3 Å². The molecule has 0 spiro atoms. The van der Waals surface area contributed by atoms with Crippen molar-refractivity contribution in [3.8, 4) is 0 Å². The Morgan fingerprint density at radius 2 is 2.20 bits per heavy atom. The molecule has 132 valence electrons. The van der Waals surface area contributed by atoms with Crippen molar-refractivity contribution in [1.82, 2.24) is 9.97 Å². The van der Waals surface area contributed by atoms with Crippen LogP contribution >= 0.6 is 46.7 Å². The summed E-state index contributed by atoms with van der Waals surface area (Å²) in [6, 6.07) is 0. The third kappa shape index (κ3) is 5.71. The number of amides is 1. The van der Waals surface area contributed by atoms with E-state index in [4.69, 9.17) is 34.7 Å². The van der Waals surface area contributed by atoms with E-state index in [1.807, 2.05) is 13.0 Å². The summed E-state index contributed by atoms with van der Waals surface area (Å²) in [5, 5.41) is 2.84. The van der Waals surface area contributed by atoms with E-state index in [9.17, 15) is 4.79 Å². The first-order valence-corrected chi connectivity index (χ1v) is 9.49. The van der Waals surface area contributed by atoms with Crippen molar-refractivity contribution >= 4 is 57.8 Å². The van der Waals surface area contributed by atoms with Gasteiger partial charge in [0, 0.05) is 10.6 Å². The van der Waals surface area contributed by atoms with Crippen molar-refractivity contribution in [2.24, 2.45) is 16.5 Å². The van der Waals surface area contributed by atoms with Crippen LogP contribution in [-0.4, -0.2) is 21.0 Å². The van der Waals surface area contributed by atoms with Crippen LogP contribution in [0.25, 0.3) is 0 Å². The highest BCUT2D eigenvalue weighted by molar-refractivity contribution is 8.16. The van der Waals surface area contributed by atoms with Crippen LogP contribution in [0.4, 0.5) is 0 Å². The maximum Gasteiger partial charge on any atom is 0.281 e. The molecular formula is C15H15Cl2N5OS2. The number of allylic oxidation sites excluding steroid dienone is 4. The van der Waals surface area contributed by atoms with Gasteiger partial charge in [-0.3, -0.25) is 4.79 Å². The molecular weight excluding hydrogens is 401 g/mol. The zero-order chi connectivity index (χ0) is 18.4. The first kappa shape index (κ1) is 19.7. The van der Waals surface area contributed by atoms with Gasteiger partial charge in [-0.1, -0.05) is 65.0 Å². The number of thioether (sulfide) groups is 2. The highest BCUT2D eigenvalue weighted by atomic mass is 35.5. The summed E-state index contributed by atoms with van der Waals surface area (Å²) in [6.45, 7) is 1.85. The number of nitrogens with one attached hydrogen (secondary N) is 1. The third-order valence-corrected chi connectivity index (χ3v) is 5.13. The number of amidine groups is 1. The molecule has 0 atom stereocenters. The van der Waals surface area contributed by atoms with Gasteiger partial charge in [-0.25, -0.2) is 4.98 Å². The molecule has 6 nitrogen and oxygen atoms in total. The van der Waals surface area contributed by atoms with Crippen molar-refractivity contribution in [1.29, 1.82) is 0 Å². The van der Waals surface area contributed by atoms with Crippen LogP contribution in [0.15, 0.2) is 56.0 Å². The topological polar surface area (TPSA) is 110 Å². The maximum atomic E-state index is 12.4. The summed E-state index contributed by atoms with van der Waals surface area (Å²) in [7, 11) is 0. The number of nitrogens with zero attached hydrogens (tertiary/aromatic N) is 2. The van der Waals surface area contributed by atoms with E-state index in [1.165, 1.54) is 11.8 Å². The molecule has 0 fully saturated rings. The molecule has 0 bridgehead atoms. The van der Waals surface area contributed by atoms with Crippen molar-refractivity contribution in [2.45, 2.75) is 18.5 Å². The fourth-order valence-electron chi connectivity index (χ4n) is 1.75. The fourth-order valence-corrected chi connectivity index (χ4v) is 3.40. The van der Waals surface area contributed by atoms with Crippen LogP contribution < -0.4 is 11.5 Å². The van der Waals surface area contributed by atoms with Crippen molar-refractivity contribution in [3.63, 3.8) is 0 Å². The predicted molar refractivity (Wildman–Crippen MR) is 107 cm³/mol. The van der Waals surface area contributed by atoms with Gasteiger partial charge in [-0.15, -0.1) is 0 Å². The number of imidazole rings is 1. The number of hydrogen-bond acceptors (Lipinski definition) is 5. The number of nitrogens with two attached hydrogens (primary N) is 2. The Morgan fingerprint density at radius 3 is 2.84 bits per heavy atom. The fraction of sp³-hybridized carbons (Fsp3) is 0.133. The lowest BCUT2D eigenvalue weighted by Crippen LogP contribution is -2.14. The number of H-pyrrole nitrogens is 1. The first-order chi connectivity index (χ1) is 11.9. The quantitative estimate of drug-likeness (QED) is 0.506. The summed E-state index contributed by atoms with van der Waals surface area (Å²) < 4.78 is 0. The molecule has 1 aromatic heterocycles. The second kappa shape index (κ2) is 9.19. The summed E-state index contributed by atoms with van der Waals surface area (Å²) in [5.41, 5.74) is 12.3. The highest BCUT2D eigenvalue weighted by Gasteiger charge is 2.16. The van der Waals surface area contributed by atoms with Gasteiger partial charge in [-0.05, 0) is 24.8 Å². The Bertz CT molecular complexity index is 804. The number of carbonyl (C=O) groups is 1. The lowest BCUT2D eigenvalue weighted by Gasteiger charge is -2.04. The average Bonchev–Trinajstić information content (AvgIpc) is 2.75. The molecule has 0 unspecified atom stereocenters. The zero-order valence-corrected chi connectivity index (χ0v) is 16.3. The minimum Gasteiger partial charge on any atom is -0.398 e. The molecule has 1 heterocycles. The van der Waals surface area contributed by atoms with Gasteiger partial charge in [0.2, 0.25) is 0 Å². The minimum atomic E-state index is -0.507. The van der Waals surface area contributed by atoms with Crippen molar-refractivity contribution in [2.75, 3.05) is 0 Å². The predicted octanol–water partition coefficient (Wildman–Crippen LogP) is 3.97. The normalized spacial score (nSPS) is 15.6. The van der Waals surface area contributed by atoms with Gasteiger partial charge in [0.05, 0.1) is 5.57 Å². The van der Waals surface area contributed by atoms with Gasteiger partial charge in [-0.2, -0.15) is 4.99 Å². The third-order valence-electron chi connectivity index (χ3n) is 2.83. The molecule has 0 saturated heterocycles. The summed E-state index contributed by atoms with van der Waals surface area (Å²) >= 11 is 14.1. The van der Waals surface area contributed by atoms with E-state index in [0.717, 1.165) is 16.7 Å². The van der Waals surface area contributed by atoms with Gasteiger partial charge in [0.25, 0.3) is 5.91 Å². The second-order valence-electron chi connectivity index (χ2n) is 4.65. The molecule has 0 aromatic carbocycles. The SMILES string of the molecule is C/C=C/SC(N)=NC(=O)C1=CC(Sc2nc(Cl)c(Cl)[nH]2)=CCC=C1N. The van der Waals surface area contributed by atoms with Crippen molar-refractivity contribution < 1.29 is 4.79 Å². The van der Waals surface area contributed by atoms with E-state index < -0.39 is 5.91 Å². The van der Waals surface area contributed by atoms with Crippen LogP contribution in [0, 0.1) is 0 Å². The van der Waals surface area contributed by atoms with Crippen LogP contribution in [0.2, 0.25) is 10.3 Å². The average molecular weight is 416 g/mol. The Kier molecular flexibility index (Phi) is 7.24. The van der Waals surface area contributed by atoms with Gasteiger partial charge in [0.15, 0.2) is 15.5 Å². The number of aromatic amines is 1. The molecule has 0 aliphatic heterocycles. The number of aliphatic imine (C=N–C) groups is 1. The van der Waals surface area contributed by atoms with Crippen molar-refractivity contribution in [3.05, 3.63) is 56.2 Å². The monoisotopic (exact) mass is 415 g/mol. The lowest BCUT2D eigenvalue weighted by molar-refractivity contribution is -0.114. The van der Waals surface area contributed by atoms with Gasteiger partial charge < -0.3 is 16.5 Å². The molecule has 5 N–H and O–H groups in total. The summed E-state index contributed by atoms with van der Waals surface area (Å²) in [5.74, 6) is -0.507. The molecule has 0 radical (unpaired) electrons. The Morgan fingerprint density at radius 1 is 1.44 bits per heavy atom. The summed E-state index contributed by atoms with van der Waals surface area (Å²) in [4.78, 5) is 24.0. The number of carbonyl (C=O) groups excluding carboxylic acids is 1. The maximum absolute atomic E-state index is 12.4. The number of hydrogen-bond donors (Lipinski definition) is 3. The lowest BCUT2D eigenvalue weighted by atomic mass is 10.1. The summed E-state index contributed by atoms with van der Waals surface area (Å²) in [6.07, 6.45) is 7.66. The Hall–Kier alpha value is -1.61. The van der Waals surface area contributed by atoms with E-state index in [2.05, 4.69) is 15.0 Å². The largest absolute Gasteiger partial charge is 0.398 e. The molecule has 1 aromatic rings. The molecule has 1 amide bonds. The Balaban J connectivity index is 2.23. The number of halogens is 2. The smallest absolute Gasteiger partial charge is 0.281 e. The molecule has 1 aliphatic carbocycles. The Labute approximate surface area is 163 Å². The number of aromatic nitrogens is 2. The molecule has 10 heteroatoms. The standard InChI is InChI=1S/C15H15Cl2N5OS2/c1-2-6-24-14(19)22-13(23)9-7-8(4-3-5-10(9)18)25-15-20-11(16)12(17)21-15/h2,4-7H,3,18H2,1H3,(H,20,21)(H2,19,22,23)/b6-2+. The molecule has 0 saturated carbocycles. The van der Waals surface area contributed by atoms with E-state index in [-0.39, 0.29) is 21.0 Å². The first-order valence-electron chi connectivity index (χ1n) is 7.03. The van der Waals surface area contributed by atoms with Gasteiger partial charge in [0.1, 0.15) is 5.15 Å². The van der Waals surface area contributed by atoms with E-state index in [0.29, 0.717) is 17.3 Å². The molecule has 2 rings (SSSR count). The van der Waals surface area contributed by atoms with Gasteiger partial charge >= 0.3 is 0 Å². The molecule has 25 heavy (non-hydrogen) atoms. The van der Waals surface area contributed by atoms with E-state index in [1.54, 1.807) is 23.6 Å². The minimum absolute atomic E-state index is 0.142. The van der Waals surface area contributed by atoms with Crippen LogP contribution in [0.5, 0.6) is 0 Å². The number of rotatable bonds is 4. The van der Waals surface area contributed by atoms with E-state index >= 15 is 0 Å². The zero-order valence-electron chi connectivity index (χ0n) is 13.1.